The van der Waals surface area contributed by atoms with Gasteiger partial charge in [-0.05, 0) is 54.2 Å². The summed E-state index contributed by atoms with van der Waals surface area (Å²) in [5.41, 5.74) is 0.234. The second-order valence-electron chi connectivity index (χ2n) is 4.51. The van der Waals surface area contributed by atoms with E-state index in [2.05, 4.69) is 0 Å². The average Bonchev–Trinajstić information content (AvgIpc) is 3.12. The van der Waals surface area contributed by atoms with Crippen LogP contribution in [0, 0.1) is 5.82 Å². The Morgan fingerprint density at radius 3 is 2.78 bits per heavy atom. The van der Waals surface area contributed by atoms with Crippen LogP contribution in [0.2, 0.25) is 5.02 Å². The van der Waals surface area contributed by atoms with E-state index in [0.29, 0.717) is 5.76 Å². The molecule has 0 atom stereocenters. The highest BCUT2D eigenvalue weighted by Gasteiger charge is 2.36. The maximum Gasteiger partial charge on any atom is 0.298 e. The quantitative estimate of drug-likeness (QED) is 0.742. The van der Waals surface area contributed by atoms with Gasteiger partial charge in [-0.25, -0.2) is 9.29 Å². The van der Waals surface area contributed by atoms with Crippen molar-refractivity contribution in [1.82, 2.24) is 0 Å². The minimum absolute atomic E-state index is 0.150. The number of halogens is 2. The molecule has 3 rings (SSSR count). The van der Waals surface area contributed by atoms with Crippen molar-refractivity contribution in [1.29, 1.82) is 0 Å². The molecule has 0 N–H and O–H groups in total. The Balaban J connectivity index is 1.83. The summed E-state index contributed by atoms with van der Waals surface area (Å²) >= 11 is 6.50. The summed E-state index contributed by atoms with van der Waals surface area (Å²) in [6.45, 7) is 0. The van der Waals surface area contributed by atoms with Gasteiger partial charge < -0.3 is 4.42 Å². The Hall–Kier alpha value is -2.31. The molecule has 1 aliphatic rings. The molecule has 0 saturated carbocycles. The van der Waals surface area contributed by atoms with Gasteiger partial charge in [0.2, 0.25) is 0 Å². The van der Waals surface area contributed by atoms with Gasteiger partial charge in [-0.15, -0.1) is 0 Å². The SMILES string of the molecule is O=C1S/C(=C\C=C\c2ccco2)C(=O)N1c1ccc(F)c(Cl)c1. The molecular weight excluding hydrogens is 341 g/mol. The molecule has 1 fully saturated rings. The normalized spacial score (nSPS) is 17.0. The van der Waals surface area contributed by atoms with E-state index in [1.165, 1.54) is 24.5 Å². The third-order valence-corrected chi connectivity index (χ3v) is 4.18. The third kappa shape index (κ3) is 3.23. The molecule has 1 saturated heterocycles. The number of anilines is 1. The highest BCUT2D eigenvalue weighted by Crippen LogP contribution is 2.35. The van der Waals surface area contributed by atoms with E-state index < -0.39 is 17.0 Å². The van der Waals surface area contributed by atoms with E-state index in [1.807, 2.05) is 0 Å². The van der Waals surface area contributed by atoms with Gasteiger partial charge in [0.1, 0.15) is 11.6 Å². The van der Waals surface area contributed by atoms with E-state index in [9.17, 15) is 14.0 Å². The maximum absolute atomic E-state index is 13.2. The molecule has 2 heterocycles. The van der Waals surface area contributed by atoms with Gasteiger partial charge in [0, 0.05) is 0 Å². The summed E-state index contributed by atoms with van der Waals surface area (Å²) < 4.78 is 18.3. The van der Waals surface area contributed by atoms with Crippen LogP contribution in [0.5, 0.6) is 0 Å². The van der Waals surface area contributed by atoms with E-state index >= 15 is 0 Å². The molecule has 23 heavy (non-hydrogen) atoms. The lowest BCUT2D eigenvalue weighted by Gasteiger charge is -2.12. The Labute approximate surface area is 140 Å². The van der Waals surface area contributed by atoms with Crippen molar-refractivity contribution in [2.75, 3.05) is 4.90 Å². The fraction of sp³-hybridized carbons (Fsp3) is 0. The van der Waals surface area contributed by atoms with Crippen molar-refractivity contribution >= 4 is 46.3 Å². The molecule has 1 aliphatic heterocycles. The summed E-state index contributed by atoms with van der Waals surface area (Å²) in [6.07, 6.45) is 6.35. The Morgan fingerprint density at radius 2 is 2.09 bits per heavy atom. The van der Waals surface area contributed by atoms with Crippen LogP contribution in [0.4, 0.5) is 14.9 Å². The zero-order chi connectivity index (χ0) is 16.4. The van der Waals surface area contributed by atoms with Gasteiger partial charge in [0.05, 0.1) is 21.9 Å². The van der Waals surface area contributed by atoms with Gasteiger partial charge in [-0.3, -0.25) is 9.59 Å². The number of amides is 2. The third-order valence-electron chi connectivity index (χ3n) is 3.01. The summed E-state index contributed by atoms with van der Waals surface area (Å²) in [5, 5.41) is -0.612. The summed E-state index contributed by atoms with van der Waals surface area (Å²) in [5.74, 6) is -0.461. The smallest absolute Gasteiger partial charge is 0.298 e. The van der Waals surface area contributed by atoms with Crippen LogP contribution in [0.25, 0.3) is 6.08 Å². The number of nitrogens with zero attached hydrogens (tertiary/aromatic N) is 1. The molecule has 0 aliphatic carbocycles. The van der Waals surface area contributed by atoms with Gasteiger partial charge in [-0.2, -0.15) is 0 Å². The maximum atomic E-state index is 13.2. The number of allylic oxidation sites excluding steroid dienone is 2. The molecule has 0 bridgehead atoms. The van der Waals surface area contributed by atoms with E-state index in [4.69, 9.17) is 16.0 Å². The number of hydrogen-bond acceptors (Lipinski definition) is 4. The minimum atomic E-state index is -0.612. The zero-order valence-electron chi connectivity index (χ0n) is 11.5. The number of rotatable bonds is 3. The van der Waals surface area contributed by atoms with Crippen LogP contribution in [-0.4, -0.2) is 11.1 Å². The molecule has 0 radical (unpaired) electrons. The van der Waals surface area contributed by atoms with Crippen LogP contribution in [-0.2, 0) is 4.79 Å². The highest BCUT2D eigenvalue weighted by atomic mass is 35.5. The molecular formula is C16H9ClFNO3S. The number of benzene rings is 1. The van der Waals surface area contributed by atoms with Crippen molar-refractivity contribution in [2.24, 2.45) is 0 Å². The number of carbonyl (C=O) groups is 2. The van der Waals surface area contributed by atoms with Crippen LogP contribution < -0.4 is 4.90 Å². The Bertz CT molecular complexity index is 830. The lowest BCUT2D eigenvalue weighted by Crippen LogP contribution is -2.27. The first-order valence-corrected chi connectivity index (χ1v) is 7.69. The van der Waals surface area contributed by atoms with Crippen LogP contribution in [0.3, 0.4) is 0 Å². The predicted octanol–water partition coefficient (Wildman–Crippen LogP) is 4.87. The first-order chi connectivity index (χ1) is 11.1. The van der Waals surface area contributed by atoms with Crippen molar-refractivity contribution in [2.45, 2.75) is 0 Å². The second kappa shape index (κ2) is 6.44. The number of furan rings is 1. The van der Waals surface area contributed by atoms with Gasteiger partial charge in [0.15, 0.2) is 0 Å². The Kier molecular flexibility index (Phi) is 4.36. The van der Waals surface area contributed by atoms with Gasteiger partial charge in [0.25, 0.3) is 11.1 Å². The minimum Gasteiger partial charge on any atom is -0.465 e. The zero-order valence-corrected chi connectivity index (χ0v) is 13.1. The van der Waals surface area contributed by atoms with Gasteiger partial charge in [-0.1, -0.05) is 17.7 Å². The molecule has 0 unspecified atom stereocenters. The van der Waals surface area contributed by atoms with E-state index in [1.54, 1.807) is 24.3 Å². The summed E-state index contributed by atoms with van der Waals surface area (Å²) in [4.78, 5) is 25.6. The van der Waals surface area contributed by atoms with E-state index in [-0.39, 0.29) is 15.6 Å². The van der Waals surface area contributed by atoms with Crippen LogP contribution in [0.15, 0.2) is 58.1 Å². The highest BCUT2D eigenvalue weighted by molar-refractivity contribution is 8.18. The molecule has 0 spiro atoms. The topological polar surface area (TPSA) is 50.5 Å². The summed E-state index contributed by atoms with van der Waals surface area (Å²) in [7, 11) is 0. The number of carbonyl (C=O) groups excluding carboxylic acids is 2. The fourth-order valence-electron chi connectivity index (χ4n) is 1.95. The number of hydrogen-bond donors (Lipinski definition) is 0. The second-order valence-corrected chi connectivity index (χ2v) is 5.91. The van der Waals surface area contributed by atoms with Crippen molar-refractivity contribution in [3.63, 3.8) is 0 Å². The van der Waals surface area contributed by atoms with Crippen molar-refractivity contribution < 1.29 is 18.4 Å². The monoisotopic (exact) mass is 349 g/mol. The average molecular weight is 350 g/mol. The first-order valence-electron chi connectivity index (χ1n) is 6.49. The predicted molar refractivity (Wildman–Crippen MR) is 87.7 cm³/mol. The van der Waals surface area contributed by atoms with Crippen molar-refractivity contribution in [3.8, 4) is 0 Å². The fourth-order valence-corrected chi connectivity index (χ4v) is 2.91. The molecule has 2 aromatic rings. The standard InChI is InChI=1S/C16H9ClFNO3S/c17-12-9-10(6-7-13(12)18)19-15(20)14(23-16(19)21)5-1-3-11-4-2-8-22-11/h1-9H/b3-1+,14-5-. The Morgan fingerprint density at radius 1 is 1.26 bits per heavy atom. The number of imide groups is 1. The lowest BCUT2D eigenvalue weighted by molar-refractivity contribution is -0.113. The van der Waals surface area contributed by atoms with Crippen LogP contribution >= 0.6 is 23.4 Å². The van der Waals surface area contributed by atoms with Gasteiger partial charge >= 0.3 is 0 Å². The lowest BCUT2D eigenvalue weighted by atomic mass is 10.2. The molecule has 116 valence electrons. The first kappa shape index (κ1) is 15.6. The molecule has 4 nitrogen and oxygen atoms in total. The molecule has 1 aromatic heterocycles. The van der Waals surface area contributed by atoms with Crippen LogP contribution in [0.1, 0.15) is 5.76 Å². The molecule has 1 aromatic carbocycles. The summed E-state index contributed by atoms with van der Waals surface area (Å²) in [6, 6.07) is 7.19. The van der Waals surface area contributed by atoms with Crippen molar-refractivity contribution in [3.05, 3.63) is 70.3 Å². The molecule has 7 heteroatoms. The largest absolute Gasteiger partial charge is 0.465 e. The number of thioether (sulfide) groups is 1. The van der Waals surface area contributed by atoms with E-state index in [0.717, 1.165) is 22.7 Å². The molecule has 2 amide bonds.